The smallest absolute Gasteiger partial charge is 0.257 e. The van der Waals surface area contributed by atoms with Crippen molar-refractivity contribution in [3.63, 3.8) is 0 Å². The van der Waals surface area contributed by atoms with E-state index in [9.17, 15) is 14.0 Å². The van der Waals surface area contributed by atoms with Gasteiger partial charge in [0.15, 0.2) is 0 Å². The number of benzene rings is 3. The van der Waals surface area contributed by atoms with Crippen molar-refractivity contribution in [1.29, 1.82) is 0 Å². The molecule has 166 valence electrons. The second-order valence-corrected chi connectivity index (χ2v) is 8.93. The van der Waals surface area contributed by atoms with Gasteiger partial charge in [-0.1, -0.05) is 60.7 Å². The molecule has 33 heavy (non-hydrogen) atoms. The number of hydrogen-bond donors (Lipinski definition) is 1. The number of thioether (sulfide) groups is 1. The van der Waals surface area contributed by atoms with Crippen LogP contribution in [0.5, 0.6) is 0 Å². The molecule has 0 spiro atoms. The Morgan fingerprint density at radius 1 is 0.970 bits per heavy atom. The molecular weight excluding hydrogens is 437 g/mol. The van der Waals surface area contributed by atoms with E-state index in [-0.39, 0.29) is 17.5 Å². The Hall–Kier alpha value is -3.58. The Morgan fingerprint density at radius 3 is 2.52 bits per heavy atom. The summed E-state index contributed by atoms with van der Waals surface area (Å²) < 4.78 is 16.1. The van der Waals surface area contributed by atoms with Crippen LogP contribution in [0.25, 0.3) is 10.9 Å². The molecule has 1 N–H and O–H groups in total. The van der Waals surface area contributed by atoms with Gasteiger partial charge < -0.3 is 14.8 Å². The molecule has 2 amide bonds. The summed E-state index contributed by atoms with van der Waals surface area (Å²) in [7, 11) is 0. The molecule has 5 rings (SSSR count). The lowest BCUT2D eigenvalue weighted by Gasteiger charge is -2.23. The van der Waals surface area contributed by atoms with Crippen LogP contribution >= 0.6 is 11.8 Å². The average molecular weight is 460 g/mol. The zero-order valence-electron chi connectivity index (χ0n) is 17.8. The van der Waals surface area contributed by atoms with Crippen LogP contribution in [-0.4, -0.2) is 39.0 Å². The topological polar surface area (TPSA) is 54.3 Å². The van der Waals surface area contributed by atoms with Crippen LogP contribution in [0.2, 0.25) is 0 Å². The Morgan fingerprint density at radius 2 is 1.70 bits per heavy atom. The maximum absolute atomic E-state index is 14.0. The van der Waals surface area contributed by atoms with Gasteiger partial charge in [0.25, 0.3) is 5.91 Å². The van der Waals surface area contributed by atoms with Crippen molar-refractivity contribution >= 4 is 40.2 Å². The summed E-state index contributed by atoms with van der Waals surface area (Å²) in [5.41, 5.74) is 2.78. The van der Waals surface area contributed by atoms with Crippen molar-refractivity contribution in [1.82, 2.24) is 9.47 Å². The number of nitrogens with zero attached hydrogens (tertiary/aromatic N) is 2. The monoisotopic (exact) mass is 459 g/mol. The molecular formula is C26H22FN3O2S. The molecule has 1 aromatic heterocycles. The SMILES string of the molecule is O=C(Nc1ccccc1F)C1CSCN1C(=O)c1cn(Cc2ccccc2)c2ccccc12. The number of fused-ring (bicyclic) bond motifs is 1. The van der Waals surface area contributed by atoms with Crippen LogP contribution in [0.15, 0.2) is 85.1 Å². The van der Waals surface area contributed by atoms with Crippen LogP contribution in [0.4, 0.5) is 10.1 Å². The fraction of sp³-hybridized carbons (Fsp3) is 0.154. The van der Waals surface area contributed by atoms with Crippen molar-refractivity contribution in [3.8, 4) is 0 Å². The van der Waals surface area contributed by atoms with Gasteiger partial charge in [-0.25, -0.2) is 4.39 Å². The highest BCUT2D eigenvalue weighted by Crippen LogP contribution is 2.29. The molecule has 4 aromatic rings. The Bertz CT molecular complexity index is 1320. The molecule has 3 aromatic carbocycles. The Kier molecular flexibility index (Phi) is 5.88. The highest BCUT2D eigenvalue weighted by Gasteiger charge is 2.36. The van der Waals surface area contributed by atoms with E-state index in [1.165, 1.54) is 23.9 Å². The van der Waals surface area contributed by atoms with E-state index in [2.05, 4.69) is 22.0 Å². The molecule has 0 saturated carbocycles. The molecule has 5 nitrogen and oxygen atoms in total. The van der Waals surface area contributed by atoms with Gasteiger partial charge in [-0.15, -0.1) is 11.8 Å². The number of amides is 2. The first-order chi connectivity index (χ1) is 16.1. The lowest BCUT2D eigenvalue weighted by Crippen LogP contribution is -2.44. The third-order valence-corrected chi connectivity index (χ3v) is 6.80. The first kappa shape index (κ1) is 21.3. The van der Waals surface area contributed by atoms with Crippen LogP contribution in [0, 0.1) is 5.82 Å². The zero-order chi connectivity index (χ0) is 22.8. The highest BCUT2D eigenvalue weighted by atomic mass is 32.2. The predicted molar refractivity (Wildman–Crippen MR) is 130 cm³/mol. The van der Waals surface area contributed by atoms with Crippen molar-refractivity contribution in [2.24, 2.45) is 0 Å². The average Bonchev–Trinajstić information content (AvgIpc) is 3.47. The first-order valence-electron chi connectivity index (χ1n) is 10.7. The van der Waals surface area contributed by atoms with E-state index in [0.717, 1.165) is 16.5 Å². The van der Waals surface area contributed by atoms with Gasteiger partial charge in [-0.3, -0.25) is 9.59 Å². The minimum absolute atomic E-state index is 0.117. The highest BCUT2D eigenvalue weighted by molar-refractivity contribution is 7.99. The number of hydrogen-bond acceptors (Lipinski definition) is 3. The predicted octanol–water partition coefficient (Wildman–Crippen LogP) is 4.98. The molecule has 1 saturated heterocycles. The number of para-hydroxylation sites is 2. The summed E-state index contributed by atoms with van der Waals surface area (Å²) in [4.78, 5) is 28.1. The van der Waals surface area contributed by atoms with E-state index in [1.807, 2.05) is 48.7 Å². The number of carbonyl (C=O) groups excluding carboxylic acids is 2. The molecule has 2 heterocycles. The third kappa shape index (κ3) is 4.24. The number of aromatic nitrogens is 1. The number of nitrogens with one attached hydrogen (secondary N) is 1. The number of anilines is 1. The fourth-order valence-electron chi connectivity index (χ4n) is 4.12. The summed E-state index contributed by atoms with van der Waals surface area (Å²) in [5, 5.41) is 3.49. The first-order valence-corrected chi connectivity index (χ1v) is 11.8. The van der Waals surface area contributed by atoms with E-state index in [0.29, 0.717) is 23.7 Å². The molecule has 7 heteroatoms. The zero-order valence-corrected chi connectivity index (χ0v) is 18.6. The number of halogens is 1. The maximum atomic E-state index is 14.0. The van der Waals surface area contributed by atoms with E-state index in [4.69, 9.17) is 0 Å². The minimum atomic E-state index is -0.668. The van der Waals surface area contributed by atoms with Gasteiger partial charge >= 0.3 is 0 Å². The lowest BCUT2D eigenvalue weighted by atomic mass is 10.1. The van der Waals surface area contributed by atoms with Gasteiger partial charge in [-0.2, -0.15) is 0 Å². The second kappa shape index (κ2) is 9.11. The molecule has 0 bridgehead atoms. The Balaban J connectivity index is 1.43. The lowest BCUT2D eigenvalue weighted by molar-refractivity contribution is -0.119. The standard InChI is InChI=1S/C26H22FN3O2S/c27-21-11-5-6-12-22(21)28-25(31)24-16-33-17-30(24)26(32)20-15-29(14-18-8-2-1-3-9-18)23-13-7-4-10-19(20)23/h1-13,15,24H,14,16-17H2,(H,28,31). The normalized spacial score (nSPS) is 15.7. The van der Waals surface area contributed by atoms with Crippen LogP contribution in [0.3, 0.4) is 0 Å². The molecule has 1 aliphatic rings. The number of rotatable bonds is 5. The van der Waals surface area contributed by atoms with Crippen molar-refractivity contribution in [2.45, 2.75) is 12.6 Å². The van der Waals surface area contributed by atoms with Gasteiger partial charge in [0.1, 0.15) is 11.9 Å². The fourth-order valence-corrected chi connectivity index (χ4v) is 5.28. The van der Waals surface area contributed by atoms with Gasteiger partial charge in [0, 0.05) is 29.4 Å². The van der Waals surface area contributed by atoms with Crippen LogP contribution in [-0.2, 0) is 11.3 Å². The summed E-state index contributed by atoms with van der Waals surface area (Å²) in [6.45, 7) is 0.639. The van der Waals surface area contributed by atoms with Crippen molar-refractivity contribution < 1.29 is 14.0 Å². The molecule has 0 aliphatic carbocycles. The van der Waals surface area contributed by atoms with Crippen molar-refractivity contribution in [2.75, 3.05) is 16.9 Å². The minimum Gasteiger partial charge on any atom is -0.342 e. The van der Waals surface area contributed by atoms with Gasteiger partial charge in [0.2, 0.25) is 5.91 Å². The van der Waals surface area contributed by atoms with Gasteiger partial charge in [-0.05, 0) is 23.8 Å². The molecule has 1 atom stereocenters. The summed E-state index contributed by atoms with van der Waals surface area (Å²) in [5.74, 6) is -0.206. The molecule has 1 fully saturated rings. The largest absolute Gasteiger partial charge is 0.342 e. The van der Waals surface area contributed by atoms with Crippen molar-refractivity contribution in [3.05, 3.63) is 102 Å². The maximum Gasteiger partial charge on any atom is 0.257 e. The second-order valence-electron chi connectivity index (χ2n) is 7.93. The molecule has 1 unspecified atom stereocenters. The quantitative estimate of drug-likeness (QED) is 0.458. The third-order valence-electron chi connectivity index (χ3n) is 5.79. The van der Waals surface area contributed by atoms with E-state index < -0.39 is 11.9 Å². The van der Waals surface area contributed by atoms with Crippen LogP contribution in [0.1, 0.15) is 15.9 Å². The summed E-state index contributed by atoms with van der Waals surface area (Å²) in [6.07, 6.45) is 1.87. The molecule has 1 aliphatic heterocycles. The number of carbonyl (C=O) groups is 2. The summed E-state index contributed by atoms with van der Waals surface area (Å²) in [6, 6.07) is 23.2. The molecule has 0 radical (unpaired) electrons. The van der Waals surface area contributed by atoms with Gasteiger partial charge in [0.05, 0.1) is 17.1 Å². The van der Waals surface area contributed by atoms with E-state index >= 15 is 0 Å². The van der Waals surface area contributed by atoms with Crippen LogP contribution < -0.4 is 5.32 Å². The Labute approximate surface area is 195 Å². The van der Waals surface area contributed by atoms with E-state index in [1.54, 1.807) is 17.0 Å². The summed E-state index contributed by atoms with van der Waals surface area (Å²) >= 11 is 1.51.